The molecule has 0 radical (unpaired) electrons. The monoisotopic (exact) mass is 285 g/mol. The van der Waals surface area contributed by atoms with E-state index in [4.69, 9.17) is 4.74 Å². The first-order valence-electron chi connectivity index (χ1n) is 7.20. The molecule has 2 nitrogen and oxygen atoms in total. The molecule has 4 heteroatoms. The Morgan fingerprint density at radius 2 is 1.80 bits per heavy atom. The van der Waals surface area contributed by atoms with E-state index in [1.807, 2.05) is 13.8 Å². The van der Waals surface area contributed by atoms with E-state index in [0.29, 0.717) is 0 Å². The Balaban J connectivity index is 2.93. The largest absolute Gasteiger partial charge is 0.380 e. The average Bonchev–Trinajstić information content (AvgIpc) is 2.39. The van der Waals surface area contributed by atoms with Gasteiger partial charge >= 0.3 is 0 Å². The molecule has 0 heterocycles. The second-order valence-electron chi connectivity index (χ2n) is 5.41. The van der Waals surface area contributed by atoms with Crippen molar-refractivity contribution in [3.05, 3.63) is 35.4 Å². The Labute approximate surface area is 120 Å². The van der Waals surface area contributed by atoms with Gasteiger partial charge in [-0.3, -0.25) is 0 Å². The van der Waals surface area contributed by atoms with Crippen molar-refractivity contribution in [3.63, 3.8) is 0 Å². The van der Waals surface area contributed by atoms with Gasteiger partial charge in [-0.05, 0) is 37.4 Å². The van der Waals surface area contributed by atoms with E-state index in [1.165, 1.54) is 18.2 Å². The van der Waals surface area contributed by atoms with Gasteiger partial charge in [0.1, 0.15) is 11.6 Å². The lowest BCUT2D eigenvalue weighted by Crippen LogP contribution is -2.45. The summed E-state index contributed by atoms with van der Waals surface area (Å²) in [5.74, 6) is -0.719. The van der Waals surface area contributed by atoms with Gasteiger partial charge in [0, 0.05) is 18.7 Å². The summed E-state index contributed by atoms with van der Waals surface area (Å²) in [7, 11) is 1.64. The highest BCUT2D eigenvalue weighted by Gasteiger charge is 2.26. The molecule has 20 heavy (non-hydrogen) atoms. The number of rotatable bonds is 8. The highest BCUT2D eigenvalue weighted by molar-refractivity contribution is 5.21. The summed E-state index contributed by atoms with van der Waals surface area (Å²) < 4.78 is 33.1. The van der Waals surface area contributed by atoms with Gasteiger partial charge in [0.15, 0.2) is 0 Å². The van der Waals surface area contributed by atoms with Crippen LogP contribution in [0.1, 0.15) is 32.8 Å². The number of halogens is 2. The molecule has 0 aliphatic carbocycles. The van der Waals surface area contributed by atoms with Crippen molar-refractivity contribution in [3.8, 4) is 0 Å². The van der Waals surface area contributed by atoms with Crippen LogP contribution >= 0.6 is 0 Å². The normalized spacial score (nSPS) is 14.6. The first-order valence-corrected chi connectivity index (χ1v) is 7.20. The van der Waals surface area contributed by atoms with E-state index in [9.17, 15) is 8.78 Å². The fraction of sp³-hybridized carbons (Fsp3) is 0.625. The van der Waals surface area contributed by atoms with Crippen molar-refractivity contribution < 1.29 is 13.5 Å². The van der Waals surface area contributed by atoms with Gasteiger partial charge in [-0.1, -0.05) is 26.8 Å². The minimum atomic E-state index is -0.494. The summed E-state index contributed by atoms with van der Waals surface area (Å²) in [4.78, 5) is 0. The zero-order valence-electron chi connectivity index (χ0n) is 12.7. The highest BCUT2D eigenvalue weighted by atomic mass is 19.1. The summed E-state index contributed by atoms with van der Waals surface area (Å²) in [5.41, 5.74) is 0.129. The van der Waals surface area contributed by atoms with Crippen LogP contribution in [0.4, 0.5) is 8.78 Å². The highest BCUT2D eigenvalue weighted by Crippen LogP contribution is 2.19. The van der Waals surface area contributed by atoms with Crippen molar-refractivity contribution in [2.45, 2.75) is 45.8 Å². The maximum Gasteiger partial charge on any atom is 0.129 e. The van der Waals surface area contributed by atoms with E-state index in [1.54, 1.807) is 7.11 Å². The van der Waals surface area contributed by atoms with Crippen molar-refractivity contribution >= 4 is 0 Å². The third-order valence-corrected chi connectivity index (χ3v) is 3.47. The third-order valence-electron chi connectivity index (χ3n) is 3.47. The molecule has 0 bridgehead atoms. The van der Waals surface area contributed by atoms with Crippen molar-refractivity contribution in [1.29, 1.82) is 0 Å². The molecule has 0 amide bonds. The van der Waals surface area contributed by atoms with Crippen LogP contribution in [0.2, 0.25) is 0 Å². The Hall–Kier alpha value is -1.00. The van der Waals surface area contributed by atoms with Crippen LogP contribution in [-0.4, -0.2) is 25.8 Å². The quantitative estimate of drug-likeness (QED) is 0.788. The summed E-state index contributed by atoms with van der Waals surface area (Å²) >= 11 is 0. The smallest absolute Gasteiger partial charge is 0.129 e. The zero-order valence-corrected chi connectivity index (χ0v) is 12.7. The maximum absolute atomic E-state index is 13.8. The van der Waals surface area contributed by atoms with Crippen LogP contribution < -0.4 is 5.32 Å². The fourth-order valence-corrected chi connectivity index (χ4v) is 2.48. The van der Waals surface area contributed by atoms with Gasteiger partial charge in [-0.2, -0.15) is 0 Å². The van der Waals surface area contributed by atoms with E-state index in [0.717, 1.165) is 13.0 Å². The number of ether oxygens (including phenoxy) is 1. The van der Waals surface area contributed by atoms with E-state index in [-0.39, 0.29) is 30.0 Å². The Morgan fingerprint density at radius 3 is 2.25 bits per heavy atom. The van der Waals surface area contributed by atoms with Gasteiger partial charge in [-0.25, -0.2) is 8.78 Å². The van der Waals surface area contributed by atoms with Gasteiger partial charge in [0.2, 0.25) is 0 Å². The van der Waals surface area contributed by atoms with E-state index < -0.39 is 11.6 Å². The molecule has 0 saturated carbocycles. The van der Waals surface area contributed by atoms with Crippen LogP contribution in [0, 0.1) is 17.6 Å². The minimum absolute atomic E-state index is 0.0828. The molecule has 1 N–H and O–H groups in total. The molecule has 1 rings (SSSR count). The summed E-state index contributed by atoms with van der Waals surface area (Å²) in [5, 5.41) is 3.35. The van der Waals surface area contributed by atoms with Gasteiger partial charge in [0.05, 0.1) is 6.10 Å². The standard InChI is InChI=1S/C16H25F2NO/c1-5-9-19-15(16(20-4)11(2)3)10-12-13(17)7-6-8-14(12)18/h6-8,11,15-16,19H,5,9-10H2,1-4H3. The Kier molecular flexibility index (Phi) is 7.10. The molecule has 0 fully saturated rings. The van der Waals surface area contributed by atoms with Crippen molar-refractivity contribution in [2.24, 2.45) is 5.92 Å². The fourth-order valence-electron chi connectivity index (χ4n) is 2.48. The van der Waals surface area contributed by atoms with Crippen LogP contribution in [0.3, 0.4) is 0 Å². The van der Waals surface area contributed by atoms with E-state index in [2.05, 4.69) is 12.2 Å². The van der Waals surface area contributed by atoms with Gasteiger partial charge < -0.3 is 10.1 Å². The number of benzene rings is 1. The molecule has 0 aliphatic heterocycles. The zero-order chi connectivity index (χ0) is 15.1. The SMILES string of the molecule is CCCNC(Cc1c(F)cccc1F)C(OC)C(C)C. The lowest BCUT2D eigenvalue weighted by molar-refractivity contribution is 0.0328. The summed E-state index contributed by atoms with van der Waals surface area (Å²) in [6, 6.07) is 3.88. The second-order valence-corrected chi connectivity index (χ2v) is 5.41. The first kappa shape index (κ1) is 17.1. The molecule has 1 aromatic rings. The molecule has 2 unspecified atom stereocenters. The summed E-state index contributed by atoms with van der Waals surface area (Å²) in [6.45, 7) is 6.96. The van der Waals surface area contributed by atoms with E-state index >= 15 is 0 Å². The topological polar surface area (TPSA) is 21.3 Å². The van der Waals surface area contributed by atoms with Crippen LogP contribution in [-0.2, 0) is 11.2 Å². The van der Waals surface area contributed by atoms with Crippen LogP contribution in [0.25, 0.3) is 0 Å². The van der Waals surface area contributed by atoms with Gasteiger partial charge in [0.25, 0.3) is 0 Å². The molecular weight excluding hydrogens is 260 g/mol. The molecule has 0 aliphatic rings. The maximum atomic E-state index is 13.8. The molecule has 0 spiro atoms. The number of hydrogen-bond donors (Lipinski definition) is 1. The molecule has 114 valence electrons. The first-order chi connectivity index (χ1) is 9.51. The number of methoxy groups -OCH3 is 1. The predicted octanol–water partition coefficient (Wildman–Crippen LogP) is 3.55. The predicted molar refractivity (Wildman–Crippen MR) is 77.8 cm³/mol. The molecule has 2 atom stereocenters. The Bertz CT molecular complexity index is 389. The number of hydrogen-bond acceptors (Lipinski definition) is 2. The minimum Gasteiger partial charge on any atom is -0.380 e. The van der Waals surface area contributed by atoms with Gasteiger partial charge in [-0.15, -0.1) is 0 Å². The molecule has 0 saturated heterocycles. The Morgan fingerprint density at radius 1 is 1.20 bits per heavy atom. The third kappa shape index (κ3) is 4.53. The van der Waals surface area contributed by atoms with Crippen molar-refractivity contribution in [1.82, 2.24) is 5.32 Å². The second kappa shape index (κ2) is 8.32. The summed E-state index contributed by atoms with van der Waals surface area (Å²) in [6.07, 6.45) is 1.17. The van der Waals surface area contributed by atoms with Crippen molar-refractivity contribution in [2.75, 3.05) is 13.7 Å². The van der Waals surface area contributed by atoms with Crippen LogP contribution in [0.15, 0.2) is 18.2 Å². The molecule has 1 aromatic carbocycles. The molecule has 0 aromatic heterocycles. The lowest BCUT2D eigenvalue weighted by atomic mass is 9.93. The average molecular weight is 285 g/mol. The molecular formula is C16H25F2NO. The van der Waals surface area contributed by atoms with Crippen LogP contribution in [0.5, 0.6) is 0 Å². The number of nitrogens with one attached hydrogen (secondary N) is 1. The lowest BCUT2D eigenvalue weighted by Gasteiger charge is -2.30.